The topological polar surface area (TPSA) is 117 Å². The van der Waals surface area contributed by atoms with Gasteiger partial charge in [0.25, 0.3) is 11.8 Å². The molecule has 0 aliphatic carbocycles. The number of likely N-dealkylation sites (N-methyl/N-ethyl adjacent to an activating group) is 1. The van der Waals surface area contributed by atoms with Crippen LogP contribution in [0.25, 0.3) is 0 Å². The molecule has 11 heteroatoms. The summed E-state index contributed by atoms with van der Waals surface area (Å²) in [6.45, 7) is 5.59. The summed E-state index contributed by atoms with van der Waals surface area (Å²) in [7, 11) is -1.81. The molecular weight excluding hydrogens is 480 g/mol. The molecule has 0 saturated carbocycles. The van der Waals surface area contributed by atoms with Crippen LogP contribution in [-0.4, -0.2) is 61.1 Å². The molecule has 2 aromatic carbocycles. The summed E-state index contributed by atoms with van der Waals surface area (Å²) in [5.74, 6) is 0.926. The fourth-order valence-electron chi connectivity index (χ4n) is 4.53. The number of carbonyl (C=O) groups is 2. The molecule has 188 valence electrons. The first-order valence-corrected chi connectivity index (χ1v) is 13.3. The van der Waals surface area contributed by atoms with Crippen molar-refractivity contribution in [1.82, 2.24) is 19.4 Å². The van der Waals surface area contributed by atoms with E-state index in [-0.39, 0.29) is 22.8 Å². The zero-order chi connectivity index (χ0) is 25.6. The van der Waals surface area contributed by atoms with Gasteiger partial charge in [-0.3, -0.25) is 9.59 Å². The van der Waals surface area contributed by atoms with Crippen molar-refractivity contribution in [2.45, 2.75) is 37.8 Å². The van der Waals surface area contributed by atoms with Gasteiger partial charge in [-0.2, -0.15) is 5.10 Å². The molecule has 0 spiro atoms. The Balaban J connectivity index is 1.31. The van der Waals surface area contributed by atoms with E-state index in [9.17, 15) is 18.0 Å². The number of benzene rings is 2. The predicted octanol–water partition coefficient (Wildman–Crippen LogP) is 2.60. The summed E-state index contributed by atoms with van der Waals surface area (Å²) in [4.78, 5) is 29.1. The summed E-state index contributed by atoms with van der Waals surface area (Å²) >= 11 is 0. The van der Waals surface area contributed by atoms with Crippen molar-refractivity contribution < 1.29 is 18.0 Å². The second-order valence-corrected chi connectivity index (χ2v) is 11.0. The van der Waals surface area contributed by atoms with Crippen LogP contribution >= 0.6 is 0 Å². The summed E-state index contributed by atoms with van der Waals surface area (Å²) in [6.07, 6.45) is 0.813. The zero-order valence-corrected chi connectivity index (χ0v) is 21.2. The molecule has 2 aliphatic rings. The first-order chi connectivity index (χ1) is 17.1. The number of amides is 2. The number of hydrogen-bond acceptors (Lipinski definition) is 6. The lowest BCUT2D eigenvalue weighted by molar-refractivity contribution is 0.0780. The average Bonchev–Trinajstić information content (AvgIpc) is 3.41. The van der Waals surface area contributed by atoms with Crippen LogP contribution in [0.2, 0.25) is 0 Å². The fraction of sp³-hybridized carbons (Fsp3) is 0.320. The van der Waals surface area contributed by atoms with Gasteiger partial charge in [0.1, 0.15) is 5.82 Å². The smallest absolute Gasteiger partial charge is 0.256 e. The highest BCUT2D eigenvalue weighted by atomic mass is 32.2. The van der Waals surface area contributed by atoms with Crippen LogP contribution in [0.4, 0.5) is 17.3 Å². The van der Waals surface area contributed by atoms with Gasteiger partial charge in [-0.15, -0.1) is 0 Å². The normalized spacial score (nSPS) is 15.3. The molecule has 1 aromatic heterocycles. The van der Waals surface area contributed by atoms with Crippen LogP contribution < -0.4 is 14.9 Å². The number of anilines is 3. The monoisotopic (exact) mass is 508 g/mol. The third-order valence-electron chi connectivity index (χ3n) is 6.32. The molecule has 3 aromatic rings. The Kier molecular flexibility index (Phi) is 6.05. The van der Waals surface area contributed by atoms with Crippen molar-refractivity contribution in [2.24, 2.45) is 0 Å². The summed E-state index contributed by atoms with van der Waals surface area (Å²) in [5, 5.41) is 7.31. The van der Waals surface area contributed by atoms with Gasteiger partial charge >= 0.3 is 0 Å². The van der Waals surface area contributed by atoms with Crippen molar-refractivity contribution in [2.75, 3.05) is 30.4 Å². The number of nitrogens with one attached hydrogen (secondary N) is 2. The van der Waals surface area contributed by atoms with E-state index in [1.165, 1.54) is 24.3 Å². The van der Waals surface area contributed by atoms with Crippen LogP contribution in [0.1, 0.15) is 40.1 Å². The van der Waals surface area contributed by atoms with E-state index in [2.05, 4.69) is 26.1 Å². The second-order valence-electron chi connectivity index (χ2n) is 9.34. The van der Waals surface area contributed by atoms with E-state index in [1.54, 1.807) is 18.7 Å². The summed E-state index contributed by atoms with van der Waals surface area (Å²) in [5.41, 5.74) is 3.09. The van der Waals surface area contributed by atoms with Gasteiger partial charge in [-0.1, -0.05) is 0 Å². The first-order valence-electron chi connectivity index (χ1n) is 11.8. The molecule has 2 N–H and O–H groups in total. The number of nitrogens with zero attached hydrogens (tertiary/aromatic N) is 4. The van der Waals surface area contributed by atoms with Crippen LogP contribution in [0, 0.1) is 0 Å². The van der Waals surface area contributed by atoms with Crippen molar-refractivity contribution >= 4 is 39.2 Å². The van der Waals surface area contributed by atoms with Crippen molar-refractivity contribution in [3.63, 3.8) is 0 Å². The lowest BCUT2D eigenvalue weighted by atomic mass is 9.98. The van der Waals surface area contributed by atoms with Gasteiger partial charge in [0.15, 0.2) is 5.82 Å². The highest BCUT2D eigenvalue weighted by Gasteiger charge is 2.27. The lowest BCUT2D eigenvalue weighted by Crippen LogP contribution is -2.34. The van der Waals surface area contributed by atoms with Gasteiger partial charge < -0.3 is 15.1 Å². The Morgan fingerprint density at radius 2 is 1.78 bits per heavy atom. The molecule has 0 saturated heterocycles. The lowest BCUT2D eigenvalue weighted by Gasteiger charge is -2.26. The maximum atomic E-state index is 12.8. The average molecular weight is 509 g/mol. The van der Waals surface area contributed by atoms with Gasteiger partial charge in [-0.05, 0) is 68.3 Å². The molecule has 0 atom stereocenters. The van der Waals surface area contributed by atoms with Crippen LogP contribution in [0.5, 0.6) is 0 Å². The van der Waals surface area contributed by atoms with E-state index in [1.807, 2.05) is 29.9 Å². The van der Waals surface area contributed by atoms with Crippen LogP contribution in [-0.2, 0) is 23.0 Å². The zero-order valence-electron chi connectivity index (χ0n) is 20.4. The predicted molar refractivity (Wildman–Crippen MR) is 136 cm³/mol. The minimum atomic E-state index is -3.63. The number of carbonyl (C=O) groups excluding carboxylic acids is 2. The van der Waals surface area contributed by atoms with Crippen molar-refractivity contribution in [1.29, 1.82) is 0 Å². The number of sulfonamides is 1. The van der Waals surface area contributed by atoms with Crippen molar-refractivity contribution in [3.05, 3.63) is 65.2 Å². The molecule has 2 amide bonds. The number of rotatable bonds is 6. The van der Waals surface area contributed by atoms with Gasteiger partial charge in [-0.25, -0.2) is 17.8 Å². The minimum absolute atomic E-state index is 0.0427. The molecule has 0 radical (unpaired) electrons. The molecule has 0 unspecified atom stereocenters. The van der Waals surface area contributed by atoms with Gasteiger partial charge in [0.2, 0.25) is 10.0 Å². The van der Waals surface area contributed by atoms with Crippen LogP contribution in [0.15, 0.2) is 53.4 Å². The molecule has 2 aliphatic heterocycles. The Hall–Kier alpha value is -3.70. The number of hydrogen-bond donors (Lipinski definition) is 2. The molecule has 5 rings (SSSR count). The Bertz CT molecular complexity index is 1450. The molecule has 0 bridgehead atoms. The highest BCUT2D eigenvalue weighted by molar-refractivity contribution is 7.89. The molecule has 10 nitrogen and oxygen atoms in total. The van der Waals surface area contributed by atoms with E-state index >= 15 is 0 Å². The third-order valence-corrected chi connectivity index (χ3v) is 8.00. The number of fused-ring (bicyclic) bond motifs is 2. The first kappa shape index (κ1) is 24.0. The minimum Gasteiger partial charge on any atom is -0.341 e. The SMILES string of the molecule is CC(C)NS(=O)(=O)c1ccc(C(=O)Nc2cc3n(n2)CCN3c2ccc3c(c2)CCN(C)C3=O)cc1. The third kappa shape index (κ3) is 4.47. The summed E-state index contributed by atoms with van der Waals surface area (Å²) < 4.78 is 29.0. The highest BCUT2D eigenvalue weighted by Crippen LogP contribution is 2.34. The molecule has 3 heterocycles. The summed E-state index contributed by atoms with van der Waals surface area (Å²) in [6, 6.07) is 13.2. The largest absolute Gasteiger partial charge is 0.341 e. The van der Waals surface area contributed by atoms with Gasteiger partial charge in [0, 0.05) is 49.1 Å². The standard InChI is InChI=1S/C25H28N6O4S/c1-16(2)28-36(34,35)20-7-4-17(5-8-20)24(32)26-22-15-23-30(12-13-31(23)27-22)19-6-9-21-18(14-19)10-11-29(3)25(21)33/h4-9,14-16,28H,10-13H2,1-3H3,(H,26,27,32). The second kappa shape index (κ2) is 9.07. The van der Waals surface area contributed by atoms with E-state index in [0.29, 0.717) is 24.5 Å². The van der Waals surface area contributed by atoms with Crippen molar-refractivity contribution in [3.8, 4) is 0 Å². The van der Waals surface area contributed by atoms with E-state index < -0.39 is 10.0 Å². The Morgan fingerprint density at radius 1 is 1.03 bits per heavy atom. The van der Waals surface area contributed by atoms with E-state index in [4.69, 9.17) is 0 Å². The quantitative estimate of drug-likeness (QED) is 0.529. The maximum absolute atomic E-state index is 12.8. The van der Waals surface area contributed by atoms with E-state index in [0.717, 1.165) is 35.6 Å². The maximum Gasteiger partial charge on any atom is 0.256 e. The Labute approximate surface area is 209 Å². The Morgan fingerprint density at radius 3 is 2.50 bits per heavy atom. The molecule has 36 heavy (non-hydrogen) atoms. The molecular formula is C25H28N6O4S. The number of aromatic nitrogens is 2. The fourth-order valence-corrected chi connectivity index (χ4v) is 5.78. The van der Waals surface area contributed by atoms with Gasteiger partial charge in [0.05, 0.1) is 11.4 Å². The molecule has 0 fully saturated rings. The van der Waals surface area contributed by atoms with Crippen LogP contribution in [0.3, 0.4) is 0 Å².